The third kappa shape index (κ3) is 3.76. The quantitative estimate of drug-likeness (QED) is 0.451. The van der Waals surface area contributed by atoms with Gasteiger partial charge in [-0.2, -0.15) is 0 Å². The Morgan fingerprint density at radius 3 is 2.63 bits per heavy atom. The van der Waals surface area contributed by atoms with Crippen molar-refractivity contribution in [2.24, 2.45) is 0 Å². The van der Waals surface area contributed by atoms with Crippen LogP contribution in [0, 0.1) is 0 Å². The number of rotatable bonds is 3. The summed E-state index contributed by atoms with van der Waals surface area (Å²) in [6.45, 7) is 6.36. The number of aromatic hydroxyl groups is 1. The summed E-state index contributed by atoms with van der Waals surface area (Å²) in [5, 5.41) is 16.0. The van der Waals surface area contributed by atoms with Crippen molar-refractivity contribution in [1.82, 2.24) is 4.90 Å². The maximum absolute atomic E-state index is 12.8. The normalized spacial score (nSPS) is 16.3. The average Bonchev–Trinajstić information content (AvgIpc) is 3.25. The van der Waals surface area contributed by atoms with E-state index in [1.807, 2.05) is 23.6 Å². The molecule has 0 atom stereocenters. The maximum atomic E-state index is 12.8. The van der Waals surface area contributed by atoms with Crippen molar-refractivity contribution in [2.75, 3.05) is 26.5 Å². The van der Waals surface area contributed by atoms with E-state index in [1.165, 1.54) is 11.3 Å². The predicted octanol–water partition coefficient (Wildman–Crippen LogP) is 6.33. The van der Waals surface area contributed by atoms with Crippen LogP contribution in [0.1, 0.15) is 47.1 Å². The van der Waals surface area contributed by atoms with Crippen LogP contribution >= 0.6 is 11.3 Å². The summed E-state index contributed by atoms with van der Waals surface area (Å²) in [7, 11) is 5.03. The molecule has 1 aromatic heterocycles. The second-order valence-electron chi connectivity index (χ2n) is 9.58. The third-order valence-corrected chi connectivity index (χ3v) is 7.13. The van der Waals surface area contributed by atoms with Crippen LogP contribution in [0.15, 0.2) is 41.8 Å². The number of phenolic OH excluding ortho intramolecular Hbond substituents is 1. The van der Waals surface area contributed by atoms with Crippen LogP contribution in [0.2, 0.25) is 0 Å². The fraction of sp³-hybridized carbons (Fsp3) is 0.250. The molecule has 1 amide bonds. The lowest BCUT2D eigenvalue weighted by Gasteiger charge is -2.35. The van der Waals surface area contributed by atoms with Gasteiger partial charge in [0.25, 0.3) is 5.91 Å². The Morgan fingerprint density at radius 1 is 1.14 bits per heavy atom. The number of nitrogens with one attached hydrogen (secondary N) is 1. The summed E-state index contributed by atoms with van der Waals surface area (Å²) in [6, 6.07) is 9.25. The Kier molecular flexibility index (Phi) is 5.40. The second kappa shape index (κ2) is 8.20. The standard InChI is InChI=1S/C28H28N2O4S/c1-15-14-28(2,3)29-18-8-7-17-24(23(15)18)21(13-22-16(11-12-35-22)27(32)30(4)5)34-20-10-9-19(31)26(33-6)25(17)20/h7-14,29,31H,1-6H3/b21-13-. The predicted molar refractivity (Wildman–Crippen MR) is 142 cm³/mol. The minimum Gasteiger partial charge on any atom is -0.504 e. The summed E-state index contributed by atoms with van der Waals surface area (Å²) in [6.07, 6.45) is 4.14. The van der Waals surface area contributed by atoms with E-state index in [1.54, 1.807) is 38.2 Å². The first-order chi connectivity index (χ1) is 16.6. The van der Waals surface area contributed by atoms with Crippen molar-refractivity contribution >= 4 is 40.3 Å². The van der Waals surface area contributed by atoms with Gasteiger partial charge < -0.3 is 24.8 Å². The highest BCUT2D eigenvalue weighted by molar-refractivity contribution is 7.11. The largest absolute Gasteiger partial charge is 0.504 e. The van der Waals surface area contributed by atoms with Gasteiger partial charge in [-0.1, -0.05) is 12.1 Å². The van der Waals surface area contributed by atoms with Gasteiger partial charge in [-0.25, -0.2) is 0 Å². The van der Waals surface area contributed by atoms with Crippen LogP contribution in [0.25, 0.3) is 28.5 Å². The number of amides is 1. The van der Waals surface area contributed by atoms with E-state index in [2.05, 4.69) is 38.2 Å². The number of benzene rings is 2. The van der Waals surface area contributed by atoms with Gasteiger partial charge in [-0.15, -0.1) is 11.3 Å². The molecule has 0 spiro atoms. The van der Waals surface area contributed by atoms with E-state index < -0.39 is 0 Å². The molecule has 0 unspecified atom stereocenters. The topological polar surface area (TPSA) is 71.0 Å². The summed E-state index contributed by atoms with van der Waals surface area (Å²) in [5.74, 6) is 1.58. The molecule has 2 aromatic carbocycles. The molecule has 0 saturated heterocycles. The molecule has 0 bridgehead atoms. The summed E-state index contributed by atoms with van der Waals surface area (Å²) in [5.41, 5.74) is 6.08. The van der Waals surface area contributed by atoms with Crippen molar-refractivity contribution < 1.29 is 19.4 Å². The lowest BCUT2D eigenvalue weighted by molar-refractivity contribution is 0.0828. The number of hydrogen-bond acceptors (Lipinski definition) is 6. The van der Waals surface area contributed by atoms with Crippen molar-refractivity contribution in [3.8, 4) is 28.4 Å². The third-order valence-electron chi connectivity index (χ3n) is 6.27. The van der Waals surface area contributed by atoms with Gasteiger partial charge in [0.05, 0.1) is 23.8 Å². The molecular weight excluding hydrogens is 460 g/mol. The van der Waals surface area contributed by atoms with E-state index in [4.69, 9.17) is 9.47 Å². The lowest BCUT2D eigenvalue weighted by Crippen LogP contribution is -2.32. The van der Waals surface area contributed by atoms with E-state index in [9.17, 15) is 9.90 Å². The molecule has 2 N–H and O–H groups in total. The van der Waals surface area contributed by atoms with E-state index >= 15 is 0 Å². The molecule has 180 valence electrons. The number of nitrogens with zero attached hydrogens (tertiary/aromatic N) is 1. The number of fused-ring (bicyclic) bond motifs is 5. The number of ether oxygens (including phenoxy) is 2. The Morgan fingerprint density at radius 2 is 1.91 bits per heavy atom. The smallest absolute Gasteiger partial charge is 0.254 e. The molecule has 6 nitrogen and oxygen atoms in total. The van der Waals surface area contributed by atoms with Crippen LogP contribution in [-0.4, -0.2) is 42.7 Å². The zero-order valence-corrected chi connectivity index (χ0v) is 21.5. The van der Waals surface area contributed by atoms with Crippen molar-refractivity contribution in [2.45, 2.75) is 26.3 Å². The van der Waals surface area contributed by atoms with Crippen LogP contribution in [-0.2, 0) is 0 Å². The summed E-state index contributed by atoms with van der Waals surface area (Å²) < 4.78 is 12.1. The molecule has 3 aromatic rings. The molecule has 0 fully saturated rings. The molecular formula is C28H28N2O4S. The molecule has 3 heterocycles. The van der Waals surface area contributed by atoms with Crippen LogP contribution < -0.4 is 14.8 Å². The van der Waals surface area contributed by atoms with Crippen LogP contribution in [0.4, 0.5) is 5.69 Å². The minimum atomic E-state index is -0.197. The van der Waals surface area contributed by atoms with Crippen LogP contribution in [0.3, 0.4) is 0 Å². The number of methoxy groups -OCH3 is 1. The zero-order chi connectivity index (χ0) is 25.1. The number of allylic oxidation sites excluding steroid dienone is 1. The van der Waals surface area contributed by atoms with Crippen LogP contribution in [0.5, 0.6) is 17.2 Å². The fourth-order valence-corrected chi connectivity index (χ4v) is 5.73. The Labute approximate surface area is 209 Å². The number of hydrogen-bond donors (Lipinski definition) is 2. The first kappa shape index (κ1) is 23.1. The summed E-state index contributed by atoms with van der Waals surface area (Å²) >= 11 is 1.49. The van der Waals surface area contributed by atoms with E-state index in [-0.39, 0.29) is 17.2 Å². The van der Waals surface area contributed by atoms with Crippen molar-refractivity contribution in [3.63, 3.8) is 0 Å². The number of anilines is 1. The molecule has 7 heteroatoms. The van der Waals surface area contributed by atoms with Gasteiger partial charge in [0.15, 0.2) is 11.5 Å². The van der Waals surface area contributed by atoms with Gasteiger partial charge in [0.1, 0.15) is 11.5 Å². The molecule has 0 radical (unpaired) electrons. The Bertz CT molecular complexity index is 1430. The number of carbonyl (C=O) groups excluding carboxylic acids is 1. The zero-order valence-electron chi connectivity index (χ0n) is 20.6. The molecule has 0 aliphatic carbocycles. The van der Waals surface area contributed by atoms with Crippen molar-refractivity contribution in [3.05, 3.63) is 63.4 Å². The number of carbonyl (C=O) groups is 1. The highest BCUT2D eigenvalue weighted by atomic mass is 32.1. The number of thiophene rings is 1. The van der Waals surface area contributed by atoms with Gasteiger partial charge >= 0.3 is 0 Å². The SMILES string of the molecule is COc1c(O)ccc2c1-c1ccc3c(c1/C(=C/c1sccc1C(=O)N(C)C)O2)C(C)=CC(C)(C)N3. The van der Waals surface area contributed by atoms with Crippen molar-refractivity contribution in [1.29, 1.82) is 0 Å². The molecule has 2 aliphatic rings. The lowest BCUT2D eigenvalue weighted by atomic mass is 9.83. The van der Waals surface area contributed by atoms with E-state index in [0.29, 0.717) is 28.4 Å². The minimum absolute atomic E-state index is 0.0506. The maximum Gasteiger partial charge on any atom is 0.254 e. The molecule has 35 heavy (non-hydrogen) atoms. The van der Waals surface area contributed by atoms with Gasteiger partial charge in [0, 0.05) is 41.4 Å². The highest BCUT2D eigenvalue weighted by Gasteiger charge is 2.33. The highest BCUT2D eigenvalue weighted by Crippen LogP contribution is 2.54. The summed E-state index contributed by atoms with van der Waals surface area (Å²) in [4.78, 5) is 15.2. The monoisotopic (exact) mass is 488 g/mol. The van der Waals surface area contributed by atoms with Gasteiger partial charge in [0.2, 0.25) is 0 Å². The van der Waals surface area contributed by atoms with Gasteiger partial charge in [-0.05, 0) is 62.1 Å². The Balaban J connectivity index is 1.81. The fourth-order valence-electron chi connectivity index (χ4n) is 4.92. The molecule has 0 saturated carbocycles. The van der Waals surface area contributed by atoms with E-state index in [0.717, 1.165) is 32.8 Å². The Hall–Kier alpha value is -3.71. The first-order valence-corrected chi connectivity index (χ1v) is 12.2. The number of phenols is 1. The average molecular weight is 489 g/mol. The molecule has 5 rings (SSSR count). The molecule has 2 aliphatic heterocycles. The second-order valence-corrected chi connectivity index (χ2v) is 10.5. The first-order valence-electron chi connectivity index (χ1n) is 11.4. The van der Waals surface area contributed by atoms with Gasteiger partial charge in [-0.3, -0.25) is 4.79 Å².